The summed E-state index contributed by atoms with van der Waals surface area (Å²) in [6.45, 7) is 4.59. The molecule has 0 spiro atoms. The van der Waals surface area contributed by atoms with Gasteiger partial charge in [-0.2, -0.15) is 0 Å². The van der Waals surface area contributed by atoms with Crippen LogP contribution in [0.25, 0.3) is 0 Å². The van der Waals surface area contributed by atoms with Gasteiger partial charge in [0.2, 0.25) is 0 Å². The number of hydrogen-bond donors (Lipinski definition) is 0. The lowest BCUT2D eigenvalue weighted by molar-refractivity contribution is 0.218. The first kappa shape index (κ1) is 12.8. The predicted octanol–water partition coefficient (Wildman–Crippen LogP) is 3.81. The summed E-state index contributed by atoms with van der Waals surface area (Å²) < 4.78 is 23.3. The van der Waals surface area contributed by atoms with E-state index in [-0.39, 0.29) is 5.66 Å². The van der Waals surface area contributed by atoms with Gasteiger partial charge >= 0.3 is 7.60 Å². The molecule has 2 rings (SSSR count). The van der Waals surface area contributed by atoms with Crippen molar-refractivity contribution in [3.05, 3.63) is 35.9 Å². The minimum atomic E-state index is -2.90. The smallest absolute Gasteiger partial charge is 0.309 e. The zero-order chi connectivity index (χ0) is 12.3. The van der Waals surface area contributed by atoms with Crippen LogP contribution in [0, 0.1) is 0 Å². The van der Waals surface area contributed by atoms with E-state index < -0.39 is 7.60 Å². The highest BCUT2D eigenvalue weighted by atomic mass is 31.2. The van der Waals surface area contributed by atoms with Crippen LogP contribution in [0.2, 0.25) is 0 Å². The highest BCUT2D eigenvalue weighted by Gasteiger charge is 2.53. The lowest BCUT2D eigenvalue weighted by Crippen LogP contribution is -2.01. The standard InChI is InChI=1S/C13H19O3P/c1-3-15-17(14,16-4-2)13-10-12(13)11-8-6-5-7-9-11/h5-9,12-13H,3-4,10H2,1-2H3/t12-,13+/m0/s1. The molecule has 1 aliphatic rings. The van der Waals surface area contributed by atoms with Gasteiger partial charge in [0.1, 0.15) is 0 Å². The molecule has 0 N–H and O–H groups in total. The summed E-state index contributed by atoms with van der Waals surface area (Å²) in [6.07, 6.45) is 0.904. The molecule has 3 nitrogen and oxygen atoms in total. The molecule has 0 saturated heterocycles. The first-order valence-corrected chi connectivity index (χ1v) is 7.76. The molecule has 2 atom stereocenters. The van der Waals surface area contributed by atoms with Crippen molar-refractivity contribution in [2.24, 2.45) is 0 Å². The number of rotatable bonds is 6. The topological polar surface area (TPSA) is 35.5 Å². The van der Waals surface area contributed by atoms with Crippen LogP contribution in [-0.4, -0.2) is 18.9 Å². The Balaban J connectivity index is 2.08. The van der Waals surface area contributed by atoms with Gasteiger partial charge in [-0.15, -0.1) is 0 Å². The zero-order valence-corrected chi connectivity index (χ0v) is 11.2. The van der Waals surface area contributed by atoms with Gasteiger partial charge < -0.3 is 9.05 Å². The normalized spacial score (nSPS) is 23.6. The molecule has 17 heavy (non-hydrogen) atoms. The first-order chi connectivity index (χ1) is 8.21. The van der Waals surface area contributed by atoms with Crippen LogP contribution in [0.5, 0.6) is 0 Å². The minimum absolute atomic E-state index is 0.0461. The highest BCUT2D eigenvalue weighted by Crippen LogP contribution is 2.68. The van der Waals surface area contributed by atoms with Gasteiger partial charge in [0.25, 0.3) is 0 Å². The Morgan fingerprint density at radius 2 is 1.76 bits per heavy atom. The Morgan fingerprint density at radius 1 is 1.18 bits per heavy atom. The molecule has 0 aromatic heterocycles. The van der Waals surface area contributed by atoms with E-state index in [0.29, 0.717) is 19.1 Å². The molecular formula is C13H19O3P. The summed E-state index contributed by atoms with van der Waals surface area (Å²) in [5.41, 5.74) is 1.28. The second-order valence-electron chi connectivity index (χ2n) is 4.20. The van der Waals surface area contributed by atoms with E-state index in [4.69, 9.17) is 9.05 Å². The molecule has 1 fully saturated rings. The van der Waals surface area contributed by atoms with E-state index in [2.05, 4.69) is 12.1 Å². The minimum Gasteiger partial charge on any atom is -0.309 e. The summed E-state index contributed by atoms with van der Waals surface area (Å²) in [5.74, 6) is 0.333. The van der Waals surface area contributed by atoms with Crippen molar-refractivity contribution in [2.45, 2.75) is 31.8 Å². The molecule has 0 unspecified atom stereocenters. The molecule has 1 aromatic carbocycles. The lowest BCUT2D eigenvalue weighted by Gasteiger charge is -2.16. The monoisotopic (exact) mass is 254 g/mol. The van der Waals surface area contributed by atoms with E-state index >= 15 is 0 Å². The van der Waals surface area contributed by atoms with Crippen molar-refractivity contribution < 1.29 is 13.6 Å². The molecule has 94 valence electrons. The molecule has 0 amide bonds. The summed E-state index contributed by atoms with van der Waals surface area (Å²) >= 11 is 0. The SMILES string of the molecule is CCOP(=O)(OCC)[C@@H]1C[C@H]1c1ccccc1. The summed E-state index contributed by atoms with van der Waals surface area (Å²) in [6, 6.07) is 10.2. The van der Waals surface area contributed by atoms with Gasteiger partial charge in [0.15, 0.2) is 0 Å². The summed E-state index contributed by atoms with van der Waals surface area (Å²) in [4.78, 5) is 0. The molecule has 0 radical (unpaired) electrons. The van der Waals surface area contributed by atoms with E-state index in [9.17, 15) is 4.57 Å². The van der Waals surface area contributed by atoms with Crippen molar-refractivity contribution in [1.82, 2.24) is 0 Å². The van der Waals surface area contributed by atoms with Crippen molar-refractivity contribution >= 4 is 7.60 Å². The number of hydrogen-bond acceptors (Lipinski definition) is 3. The third-order valence-corrected chi connectivity index (χ3v) is 5.63. The largest absolute Gasteiger partial charge is 0.334 e. The third-order valence-electron chi connectivity index (χ3n) is 3.01. The average molecular weight is 254 g/mol. The fourth-order valence-corrected chi connectivity index (χ4v) is 4.45. The molecule has 1 saturated carbocycles. The van der Waals surface area contributed by atoms with Crippen LogP contribution in [0.1, 0.15) is 31.7 Å². The second kappa shape index (κ2) is 5.34. The maximum absolute atomic E-state index is 12.5. The lowest BCUT2D eigenvalue weighted by atomic mass is 10.1. The predicted molar refractivity (Wildman–Crippen MR) is 68.4 cm³/mol. The van der Waals surface area contributed by atoms with E-state index in [0.717, 1.165) is 6.42 Å². The van der Waals surface area contributed by atoms with E-state index in [1.54, 1.807) is 0 Å². The van der Waals surface area contributed by atoms with Gasteiger partial charge in [0.05, 0.1) is 18.9 Å². The summed E-state index contributed by atoms with van der Waals surface area (Å²) in [5, 5.41) is 0. The third kappa shape index (κ3) is 2.79. The Bertz CT molecular complexity index is 394. The van der Waals surface area contributed by atoms with Crippen LogP contribution >= 0.6 is 7.60 Å². The Kier molecular flexibility index (Phi) is 4.03. The molecule has 0 heterocycles. The van der Waals surface area contributed by atoms with Crippen LogP contribution in [0.15, 0.2) is 30.3 Å². The van der Waals surface area contributed by atoms with Crippen LogP contribution in [0.3, 0.4) is 0 Å². The van der Waals surface area contributed by atoms with Crippen molar-refractivity contribution in [2.75, 3.05) is 13.2 Å². The molecule has 1 aromatic rings. The molecule has 4 heteroatoms. The van der Waals surface area contributed by atoms with Crippen LogP contribution in [-0.2, 0) is 13.6 Å². The highest BCUT2D eigenvalue weighted by molar-refractivity contribution is 7.55. The fourth-order valence-electron chi connectivity index (χ4n) is 2.18. The van der Waals surface area contributed by atoms with Gasteiger partial charge in [-0.3, -0.25) is 4.57 Å². The quantitative estimate of drug-likeness (QED) is 0.724. The zero-order valence-electron chi connectivity index (χ0n) is 10.3. The Labute approximate surface area is 103 Å². The van der Waals surface area contributed by atoms with Crippen molar-refractivity contribution in [3.8, 4) is 0 Å². The van der Waals surface area contributed by atoms with Crippen molar-refractivity contribution in [1.29, 1.82) is 0 Å². The fraction of sp³-hybridized carbons (Fsp3) is 0.538. The molecule has 0 bridgehead atoms. The van der Waals surface area contributed by atoms with Gasteiger partial charge in [0, 0.05) is 0 Å². The number of benzene rings is 1. The molecule has 1 aliphatic carbocycles. The molecular weight excluding hydrogens is 235 g/mol. The second-order valence-corrected chi connectivity index (χ2v) is 6.45. The van der Waals surface area contributed by atoms with E-state index in [1.807, 2.05) is 32.0 Å². The van der Waals surface area contributed by atoms with Crippen molar-refractivity contribution in [3.63, 3.8) is 0 Å². The van der Waals surface area contributed by atoms with Gasteiger partial charge in [-0.05, 0) is 31.7 Å². The Morgan fingerprint density at radius 3 is 2.29 bits per heavy atom. The maximum Gasteiger partial charge on any atom is 0.334 e. The van der Waals surface area contributed by atoms with Crippen LogP contribution in [0.4, 0.5) is 0 Å². The van der Waals surface area contributed by atoms with Gasteiger partial charge in [-0.25, -0.2) is 0 Å². The first-order valence-electron chi connectivity index (χ1n) is 6.15. The maximum atomic E-state index is 12.5. The Hall–Kier alpha value is -0.630. The van der Waals surface area contributed by atoms with Gasteiger partial charge in [-0.1, -0.05) is 30.3 Å². The summed E-state index contributed by atoms with van der Waals surface area (Å²) in [7, 11) is -2.90. The van der Waals surface area contributed by atoms with Crippen LogP contribution < -0.4 is 0 Å². The average Bonchev–Trinajstić information content (AvgIpc) is 3.11. The van der Waals surface area contributed by atoms with E-state index in [1.165, 1.54) is 5.56 Å². The molecule has 0 aliphatic heterocycles.